The van der Waals surface area contributed by atoms with E-state index in [1.165, 1.54) is 10.8 Å². The third-order valence-electron chi connectivity index (χ3n) is 9.64. The average molecular weight is 628 g/mol. The fourth-order valence-electron chi connectivity index (χ4n) is 7.26. The third-order valence-corrected chi connectivity index (χ3v) is 9.64. The molecule has 0 amide bonds. The van der Waals surface area contributed by atoms with Gasteiger partial charge >= 0.3 is 0 Å². The van der Waals surface area contributed by atoms with E-state index in [2.05, 4.69) is 169 Å². The summed E-state index contributed by atoms with van der Waals surface area (Å²) in [5.41, 5.74) is 11.5. The Morgan fingerprint density at radius 3 is 1.71 bits per heavy atom. The Balaban J connectivity index is 1.09. The number of hydrogen-bond acceptors (Lipinski definition) is 3. The van der Waals surface area contributed by atoms with E-state index in [-0.39, 0.29) is 0 Å². The van der Waals surface area contributed by atoms with Crippen molar-refractivity contribution in [3.8, 4) is 22.3 Å². The minimum atomic E-state index is 0.892. The largest absolute Gasteiger partial charge is 0.456 e. The molecule has 10 aromatic rings. The molecule has 0 spiro atoms. The van der Waals surface area contributed by atoms with E-state index < -0.39 is 0 Å². The summed E-state index contributed by atoms with van der Waals surface area (Å²) in [6, 6.07) is 62.2. The molecule has 0 aliphatic rings. The number of benzene rings is 8. The lowest BCUT2D eigenvalue weighted by Crippen LogP contribution is -2.11. The zero-order chi connectivity index (χ0) is 32.3. The Morgan fingerprint density at radius 2 is 0.878 bits per heavy atom. The maximum absolute atomic E-state index is 6.34. The highest BCUT2D eigenvalue weighted by Crippen LogP contribution is 2.43. The van der Waals surface area contributed by atoms with Crippen LogP contribution in [0.1, 0.15) is 0 Å². The molecule has 49 heavy (non-hydrogen) atoms. The van der Waals surface area contributed by atoms with Crippen LogP contribution in [-0.4, -0.2) is 0 Å². The molecule has 0 bridgehead atoms. The molecule has 0 fully saturated rings. The van der Waals surface area contributed by atoms with Gasteiger partial charge in [-0.3, -0.25) is 0 Å². The van der Waals surface area contributed by atoms with Crippen LogP contribution in [0.5, 0.6) is 0 Å². The average Bonchev–Trinajstić information content (AvgIpc) is 3.72. The number of anilines is 3. The molecule has 0 radical (unpaired) electrons. The first-order valence-corrected chi connectivity index (χ1v) is 16.6. The minimum absolute atomic E-state index is 0.892. The van der Waals surface area contributed by atoms with E-state index in [9.17, 15) is 0 Å². The van der Waals surface area contributed by atoms with Crippen LogP contribution in [0.25, 0.3) is 76.9 Å². The Labute approximate surface area is 282 Å². The summed E-state index contributed by atoms with van der Waals surface area (Å²) in [5.74, 6) is 0. The lowest BCUT2D eigenvalue weighted by molar-refractivity contribution is 0.669. The lowest BCUT2D eigenvalue weighted by Gasteiger charge is -2.28. The summed E-state index contributed by atoms with van der Waals surface area (Å²) >= 11 is 0. The van der Waals surface area contributed by atoms with Crippen molar-refractivity contribution in [3.63, 3.8) is 0 Å². The summed E-state index contributed by atoms with van der Waals surface area (Å²) < 4.78 is 12.4. The number of furan rings is 2. The van der Waals surface area contributed by atoms with Crippen LogP contribution in [0.15, 0.2) is 185 Å². The van der Waals surface area contributed by atoms with Crippen LogP contribution < -0.4 is 4.90 Å². The Kier molecular flexibility index (Phi) is 6.18. The first-order chi connectivity index (χ1) is 24.3. The fourth-order valence-corrected chi connectivity index (χ4v) is 7.26. The summed E-state index contributed by atoms with van der Waals surface area (Å²) in [6.07, 6.45) is 0. The highest BCUT2D eigenvalue weighted by Gasteiger charge is 2.18. The van der Waals surface area contributed by atoms with Gasteiger partial charge < -0.3 is 13.7 Å². The van der Waals surface area contributed by atoms with Crippen molar-refractivity contribution in [1.82, 2.24) is 0 Å². The van der Waals surface area contributed by atoms with Crippen molar-refractivity contribution in [3.05, 3.63) is 176 Å². The minimum Gasteiger partial charge on any atom is -0.456 e. The third kappa shape index (κ3) is 4.59. The van der Waals surface area contributed by atoms with E-state index >= 15 is 0 Å². The predicted molar refractivity (Wildman–Crippen MR) is 204 cm³/mol. The van der Waals surface area contributed by atoms with Crippen molar-refractivity contribution in [2.24, 2.45) is 0 Å². The summed E-state index contributed by atoms with van der Waals surface area (Å²) in [6.45, 7) is 0. The highest BCUT2D eigenvalue weighted by molar-refractivity contribution is 6.11. The second-order valence-electron chi connectivity index (χ2n) is 12.6. The van der Waals surface area contributed by atoms with Crippen molar-refractivity contribution in [1.29, 1.82) is 0 Å². The number of hydrogen-bond donors (Lipinski definition) is 0. The molecule has 8 aromatic carbocycles. The summed E-state index contributed by atoms with van der Waals surface area (Å²) in [4.78, 5) is 2.34. The molecule has 2 heterocycles. The van der Waals surface area contributed by atoms with Gasteiger partial charge in [0, 0.05) is 38.5 Å². The molecule has 0 N–H and O–H groups in total. The zero-order valence-electron chi connectivity index (χ0n) is 26.5. The van der Waals surface area contributed by atoms with Crippen LogP contribution >= 0.6 is 0 Å². The van der Waals surface area contributed by atoms with Crippen LogP contribution in [0.3, 0.4) is 0 Å². The van der Waals surface area contributed by atoms with Crippen LogP contribution in [0, 0.1) is 0 Å². The Hall–Kier alpha value is -6.58. The van der Waals surface area contributed by atoms with Gasteiger partial charge in [0.2, 0.25) is 0 Å². The van der Waals surface area contributed by atoms with Gasteiger partial charge in [0.25, 0.3) is 0 Å². The molecule has 2 aromatic heterocycles. The number of para-hydroxylation sites is 3. The predicted octanol–water partition coefficient (Wildman–Crippen LogP) is 13.4. The summed E-state index contributed by atoms with van der Waals surface area (Å²) in [7, 11) is 0. The molecule has 0 aliphatic carbocycles. The van der Waals surface area contributed by atoms with E-state index in [1.807, 2.05) is 12.1 Å². The SMILES string of the molecule is c1ccc(N(c2ccc(-c3ccc4oc5ccccc5c4c3)cc2)c2ccccc2-c2ccc3oc4cc5ccccc5cc4c3c2)cc1. The Bertz CT molecular complexity index is 2830. The standard InChI is InChI=1S/C46H29NO2/c1-2-12-35(13-3-1)47(36-22-18-30(19-23-36)33-20-24-44-39(27-33)38-15-7-9-17-43(38)48-44)42-16-8-6-14-37(42)34-21-25-45-40(28-34)41-26-31-10-4-5-11-32(31)29-46(41)49-45/h1-29H. The Morgan fingerprint density at radius 1 is 0.327 bits per heavy atom. The smallest absolute Gasteiger partial charge is 0.136 e. The van der Waals surface area contributed by atoms with E-state index in [0.717, 1.165) is 83.2 Å². The van der Waals surface area contributed by atoms with Crippen LogP contribution in [0.4, 0.5) is 17.1 Å². The number of fused-ring (bicyclic) bond motifs is 7. The molecule has 3 heteroatoms. The van der Waals surface area contributed by atoms with Gasteiger partial charge in [-0.25, -0.2) is 0 Å². The normalized spacial score (nSPS) is 11.7. The van der Waals surface area contributed by atoms with Crippen molar-refractivity contribution in [2.45, 2.75) is 0 Å². The van der Waals surface area contributed by atoms with Gasteiger partial charge in [0.1, 0.15) is 22.3 Å². The number of nitrogens with zero attached hydrogens (tertiary/aromatic N) is 1. The van der Waals surface area contributed by atoms with E-state index in [1.54, 1.807) is 0 Å². The molecular formula is C46H29NO2. The van der Waals surface area contributed by atoms with E-state index in [0.29, 0.717) is 0 Å². The van der Waals surface area contributed by atoms with Gasteiger partial charge in [0.15, 0.2) is 0 Å². The number of rotatable bonds is 5. The molecule has 0 unspecified atom stereocenters. The second kappa shape index (κ2) is 11.0. The van der Waals surface area contributed by atoms with Gasteiger partial charge in [-0.15, -0.1) is 0 Å². The van der Waals surface area contributed by atoms with Crippen molar-refractivity contribution >= 4 is 71.7 Å². The van der Waals surface area contributed by atoms with Crippen molar-refractivity contribution in [2.75, 3.05) is 4.90 Å². The van der Waals surface area contributed by atoms with E-state index in [4.69, 9.17) is 8.83 Å². The maximum atomic E-state index is 6.34. The second-order valence-corrected chi connectivity index (χ2v) is 12.6. The van der Waals surface area contributed by atoms with Crippen LogP contribution in [-0.2, 0) is 0 Å². The van der Waals surface area contributed by atoms with Gasteiger partial charge in [-0.05, 0) is 100 Å². The van der Waals surface area contributed by atoms with Gasteiger partial charge in [-0.2, -0.15) is 0 Å². The topological polar surface area (TPSA) is 29.5 Å². The first-order valence-electron chi connectivity index (χ1n) is 16.6. The molecule has 0 saturated carbocycles. The van der Waals surface area contributed by atoms with Gasteiger partial charge in [0.05, 0.1) is 5.69 Å². The van der Waals surface area contributed by atoms with Gasteiger partial charge in [-0.1, -0.05) is 103 Å². The van der Waals surface area contributed by atoms with Crippen molar-refractivity contribution < 1.29 is 8.83 Å². The maximum Gasteiger partial charge on any atom is 0.136 e. The molecule has 0 saturated heterocycles. The molecule has 3 nitrogen and oxygen atoms in total. The lowest BCUT2D eigenvalue weighted by atomic mass is 9.98. The summed E-state index contributed by atoms with van der Waals surface area (Å²) in [5, 5.41) is 6.90. The quantitative estimate of drug-likeness (QED) is 0.190. The monoisotopic (exact) mass is 627 g/mol. The molecule has 230 valence electrons. The molecule has 0 aliphatic heterocycles. The van der Waals surface area contributed by atoms with Crippen LogP contribution in [0.2, 0.25) is 0 Å². The molecule has 0 atom stereocenters. The molecule has 10 rings (SSSR count). The zero-order valence-corrected chi connectivity index (χ0v) is 26.5. The molecular weight excluding hydrogens is 599 g/mol. The first kappa shape index (κ1) is 27.5. The highest BCUT2D eigenvalue weighted by atomic mass is 16.3. The fraction of sp³-hybridized carbons (Fsp3) is 0.